The highest BCUT2D eigenvalue weighted by molar-refractivity contribution is 6.34. The van der Waals surface area contributed by atoms with Gasteiger partial charge in [-0.15, -0.1) is 0 Å². The number of aryl methyl sites for hydroxylation is 1. The second-order valence-electron chi connectivity index (χ2n) is 3.97. The van der Waals surface area contributed by atoms with Crippen molar-refractivity contribution in [1.29, 1.82) is 0 Å². The van der Waals surface area contributed by atoms with E-state index in [4.69, 9.17) is 21.1 Å². The monoisotopic (exact) mass is 280 g/mol. The Balaban J connectivity index is 2.62. The van der Waals surface area contributed by atoms with Gasteiger partial charge in [-0.25, -0.2) is 9.97 Å². The SMILES string of the molecule is CCOc1cc2nc(CC)nc(Cl)c2cc1OCC. The molecule has 1 aromatic heterocycles. The minimum Gasteiger partial charge on any atom is -0.490 e. The van der Waals surface area contributed by atoms with Gasteiger partial charge in [-0.2, -0.15) is 0 Å². The van der Waals surface area contributed by atoms with Crippen LogP contribution in [0, 0.1) is 0 Å². The molecule has 2 rings (SSSR count). The van der Waals surface area contributed by atoms with Crippen LogP contribution in [0.15, 0.2) is 12.1 Å². The van der Waals surface area contributed by atoms with Crippen LogP contribution in [-0.4, -0.2) is 23.2 Å². The predicted octanol–water partition coefficient (Wildman–Crippen LogP) is 3.64. The lowest BCUT2D eigenvalue weighted by Crippen LogP contribution is -2.00. The highest BCUT2D eigenvalue weighted by Gasteiger charge is 2.12. The van der Waals surface area contributed by atoms with Crippen molar-refractivity contribution >= 4 is 22.5 Å². The maximum Gasteiger partial charge on any atom is 0.163 e. The van der Waals surface area contributed by atoms with Gasteiger partial charge in [-0.05, 0) is 19.9 Å². The van der Waals surface area contributed by atoms with Gasteiger partial charge in [-0.3, -0.25) is 0 Å². The molecular formula is C14H17ClN2O2. The summed E-state index contributed by atoms with van der Waals surface area (Å²) in [6.07, 6.45) is 0.743. The van der Waals surface area contributed by atoms with E-state index in [9.17, 15) is 0 Å². The summed E-state index contributed by atoms with van der Waals surface area (Å²) in [4.78, 5) is 8.72. The van der Waals surface area contributed by atoms with Gasteiger partial charge >= 0.3 is 0 Å². The van der Waals surface area contributed by atoms with Crippen LogP contribution in [0.4, 0.5) is 0 Å². The van der Waals surface area contributed by atoms with Crippen LogP contribution >= 0.6 is 11.6 Å². The van der Waals surface area contributed by atoms with Crippen molar-refractivity contribution in [3.05, 3.63) is 23.1 Å². The van der Waals surface area contributed by atoms with Gasteiger partial charge in [0.25, 0.3) is 0 Å². The third kappa shape index (κ3) is 2.89. The third-order valence-corrected chi connectivity index (χ3v) is 2.97. The van der Waals surface area contributed by atoms with E-state index in [1.807, 2.05) is 32.9 Å². The Morgan fingerprint density at radius 1 is 1.00 bits per heavy atom. The highest BCUT2D eigenvalue weighted by atomic mass is 35.5. The molecule has 0 aliphatic carbocycles. The summed E-state index contributed by atoms with van der Waals surface area (Å²) < 4.78 is 11.2. The van der Waals surface area contributed by atoms with Crippen LogP contribution in [-0.2, 0) is 6.42 Å². The van der Waals surface area contributed by atoms with E-state index in [1.54, 1.807) is 0 Å². The lowest BCUT2D eigenvalue weighted by Gasteiger charge is -2.12. The molecule has 0 amide bonds. The van der Waals surface area contributed by atoms with Gasteiger partial charge in [0.1, 0.15) is 11.0 Å². The Morgan fingerprint density at radius 2 is 1.63 bits per heavy atom. The normalized spacial score (nSPS) is 10.7. The zero-order valence-electron chi connectivity index (χ0n) is 11.4. The number of ether oxygens (including phenoxy) is 2. The first-order valence-electron chi connectivity index (χ1n) is 6.45. The minimum atomic E-state index is 0.450. The molecular weight excluding hydrogens is 264 g/mol. The second kappa shape index (κ2) is 6.06. The molecule has 5 heteroatoms. The number of halogens is 1. The Morgan fingerprint density at radius 3 is 2.21 bits per heavy atom. The van der Waals surface area contributed by atoms with Crippen molar-refractivity contribution in [2.24, 2.45) is 0 Å². The molecule has 1 aromatic carbocycles. The summed E-state index contributed by atoms with van der Waals surface area (Å²) in [5.74, 6) is 2.09. The smallest absolute Gasteiger partial charge is 0.163 e. The summed E-state index contributed by atoms with van der Waals surface area (Å²) in [5, 5.41) is 1.23. The van der Waals surface area contributed by atoms with E-state index in [0.29, 0.717) is 29.9 Å². The van der Waals surface area contributed by atoms with E-state index < -0.39 is 0 Å². The molecule has 0 fully saturated rings. The molecule has 0 radical (unpaired) electrons. The number of hydrogen-bond acceptors (Lipinski definition) is 4. The van der Waals surface area contributed by atoms with Crippen molar-refractivity contribution < 1.29 is 9.47 Å². The molecule has 19 heavy (non-hydrogen) atoms. The van der Waals surface area contributed by atoms with Crippen molar-refractivity contribution in [2.45, 2.75) is 27.2 Å². The van der Waals surface area contributed by atoms with Crippen LogP contribution in [0.2, 0.25) is 5.15 Å². The Kier molecular flexibility index (Phi) is 4.43. The fourth-order valence-corrected chi connectivity index (χ4v) is 2.09. The summed E-state index contributed by atoms with van der Waals surface area (Å²) in [6, 6.07) is 3.70. The molecule has 0 spiro atoms. The van der Waals surface area contributed by atoms with E-state index in [1.165, 1.54) is 0 Å². The first kappa shape index (κ1) is 13.9. The summed E-state index contributed by atoms with van der Waals surface area (Å²) in [7, 11) is 0. The van der Waals surface area contributed by atoms with Crippen molar-refractivity contribution in [3.63, 3.8) is 0 Å². The maximum atomic E-state index is 6.20. The molecule has 2 aromatic rings. The molecule has 0 saturated carbocycles. The minimum absolute atomic E-state index is 0.450. The van der Waals surface area contributed by atoms with Crippen LogP contribution in [0.25, 0.3) is 10.9 Å². The second-order valence-corrected chi connectivity index (χ2v) is 4.32. The molecule has 0 saturated heterocycles. The molecule has 0 aliphatic rings. The van der Waals surface area contributed by atoms with Crippen molar-refractivity contribution in [1.82, 2.24) is 9.97 Å². The van der Waals surface area contributed by atoms with Gasteiger partial charge in [0.2, 0.25) is 0 Å². The summed E-state index contributed by atoms with van der Waals surface area (Å²) in [6.45, 7) is 7.00. The van der Waals surface area contributed by atoms with E-state index in [2.05, 4.69) is 9.97 Å². The quantitative estimate of drug-likeness (QED) is 0.784. The molecule has 1 heterocycles. The number of fused-ring (bicyclic) bond motifs is 1. The highest BCUT2D eigenvalue weighted by Crippen LogP contribution is 2.34. The maximum absolute atomic E-state index is 6.20. The molecule has 102 valence electrons. The van der Waals surface area contributed by atoms with Crippen molar-refractivity contribution in [2.75, 3.05) is 13.2 Å². The number of nitrogens with zero attached hydrogens (tertiary/aromatic N) is 2. The first-order chi connectivity index (χ1) is 9.19. The molecule has 0 N–H and O–H groups in total. The lowest BCUT2D eigenvalue weighted by molar-refractivity contribution is 0.288. The number of aromatic nitrogens is 2. The van der Waals surface area contributed by atoms with Crippen LogP contribution in [0.5, 0.6) is 11.5 Å². The fourth-order valence-electron chi connectivity index (χ4n) is 1.84. The third-order valence-electron chi connectivity index (χ3n) is 2.68. The molecule has 0 atom stereocenters. The summed E-state index contributed by atoms with van der Waals surface area (Å²) >= 11 is 6.20. The van der Waals surface area contributed by atoms with Gasteiger partial charge < -0.3 is 9.47 Å². The summed E-state index contributed by atoms with van der Waals surface area (Å²) in [5.41, 5.74) is 0.781. The van der Waals surface area contributed by atoms with Gasteiger partial charge in [0, 0.05) is 17.9 Å². The Labute approximate surface area is 117 Å². The number of hydrogen-bond donors (Lipinski definition) is 0. The van der Waals surface area contributed by atoms with E-state index in [0.717, 1.165) is 23.1 Å². The molecule has 0 bridgehead atoms. The van der Waals surface area contributed by atoms with Crippen LogP contribution in [0.1, 0.15) is 26.6 Å². The Hall–Kier alpha value is -1.55. The van der Waals surface area contributed by atoms with Gasteiger partial charge in [-0.1, -0.05) is 18.5 Å². The standard InChI is InChI=1S/C14H17ClN2O2/c1-4-13-16-10-8-12(19-6-3)11(18-5-2)7-9(10)14(15)17-13/h7-8H,4-6H2,1-3H3. The number of benzene rings is 1. The predicted molar refractivity (Wildman–Crippen MR) is 76.3 cm³/mol. The first-order valence-corrected chi connectivity index (χ1v) is 6.83. The number of rotatable bonds is 5. The van der Waals surface area contributed by atoms with E-state index >= 15 is 0 Å². The topological polar surface area (TPSA) is 44.2 Å². The van der Waals surface area contributed by atoms with Gasteiger partial charge in [0.05, 0.1) is 18.7 Å². The molecule has 0 unspecified atom stereocenters. The van der Waals surface area contributed by atoms with Crippen LogP contribution in [0.3, 0.4) is 0 Å². The largest absolute Gasteiger partial charge is 0.490 e. The van der Waals surface area contributed by atoms with Gasteiger partial charge in [0.15, 0.2) is 11.5 Å². The van der Waals surface area contributed by atoms with Crippen molar-refractivity contribution in [3.8, 4) is 11.5 Å². The fraction of sp³-hybridized carbons (Fsp3) is 0.429. The zero-order chi connectivity index (χ0) is 13.8. The van der Waals surface area contributed by atoms with E-state index in [-0.39, 0.29) is 0 Å². The molecule has 0 aliphatic heterocycles. The Bertz CT molecular complexity index is 587. The van der Waals surface area contributed by atoms with Crippen LogP contribution < -0.4 is 9.47 Å². The molecule has 4 nitrogen and oxygen atoms in total. The lowest BCUT2D eigenvalue weighted by atomic mass is 10.2. The average molecular weight is 281 g/mol. The average Bonchev–Trinajstić information content (AvgIpc) is 2.40. The zero-order valence-corrected chi connectivity index (χ0v) is 12.1.